The molecule has 1 heterocycles. The third-order valence-corrected chi connectivity index (χ3v) is 5.50. The summed E-state index contributed by atoms with van der Waals surface area (Å²) in [5.41, 5.74) is 2.00. The van der Waals surface area contributed by atoms with Crippen LogP contribution in [0.15, 0.2) is 24.3 Å². The lowest BCUT2D eigenvalue weighted by molar-refractivity contribution is -0.116. The van der Waals surface area contributed by atoms with Crippen molar-refractivity contribution >= 4 is 17.6 Å². The summed E-state index contributed by atoms with van der Waals surface area (Å²) in [6, 6.07) is 8.80. The Bertz CT molecular complexity index is 635. The first-order valence-corrected chi connectivity index (χ1v) is 9.17. The van der Waals surface area contributed by atoms with Gasteiger partial charge in [-0.05, 0) is 37.3 Å². The molecule has 0 radical (unpaired) electrons. The van der Waals surface area contributed by atoms with Gasteiger partial charge in [0.2, 0.25) is 5.91 Å². The van der Waals surface area contributed by atoms with Gasteiger partial charge in [0, 0.05) is 36.7 Å². The average Bonchev–Trinajstić information content (AvgIpc) is 3.26. The molecule has 3 aliphatic rings. The summed E-state index contributed by atoms with van der Waals surface area (Å²) in [6.45, 7) is 0.527. The van der Waals surface area contributed by atoms with Gasteiger partial charge in [0.25, 0.3) is 0 Å². The molecule has 0 bridgehead atoms. The summed E-state index contributed by atoms with van der Waals surface area (Å²) in [5, 5.41) is 6.03. The molecule has 3 amide bonds. The predicted octanol–water partition coefficient (Wildman–Crippen LogP) is 3.23. The summed E-state index contributed by atoms with van der Waals surface area (Å²) in [6.07, 6.45) is 7.45. The van der Waals surface area contributed by atoms with Crippen LogP contribution in [-0.4, -0.2) is 35.5 Å². The molecule has 5 heteroatoms. The van der Waals surface area contributed by atoms with E-state index in [4.69, 9.17) is 0 Å². The van der Waals surface area contributed by atoms with Crippen molar-refractivity contribution in [1.29, 1.82) is 0 Å². The third-order valence-electron chi connectivity index (χ3n) is 5.50. The van der Waals surface area contributed by atoms with Gasteiger partial charge < -0.3 is 15.5 Å². The molecule has 2 N–H and O–H groups in total. The van der Waals surface area contributed by atoms with Crippen LogP contribution in [0.2, 0.25) is 0 Å². The largest absolute Gasteiger partial charge is 0.337 e. The number of para-hydroxylation sites is 1. The lowest BCUT2D eigenvalue weighted by atomic mass is 9.90. The second kappa shape index (κ2) is 6.46. The van der Waals surface area contributed by atoms with Crippen LogP contribution in [-0.2, 0) is 4.79 Å². The molecule has 0 saturated heterocycles. The smallest absolute Gasteiger partial charge is 0.317 e. The molecular weight excluding hydrogens is 302 g/mol. The van der Waals surface area contributed by atoms with E-state index in [9.17, 15) is 9.59 Å². The molecule has 24 heavy (non-hydrogen) atoms. The van der Waals surface area contributed by atoms with Crippen LogP contribution in [0, 0.1) is 0 Å². The fourth-order valence-electron chi connectivity index (χ4n) is 4.15. The number of benzene rings is 1. The fraction of sp³-hybridized carbons (Fsp3) is 0.579. The highest BCUT2D eigenvalue weighted by Gasteiger charge is 2.38. The van der Waals surface area contributed by atoms with E-state index in [1.807, 2.05) is 24.3 Å². The maximum atomic E-state index is 12.8. The lowest BCUT2D eigenvalue weighted by Crippen LogP contribution is -2.47. The van der Waals surface area contributed by atoms with Crippen molar-refractivity contribution in [2.75, 3.05) is 11.9 Å². The number of carbonyl (C=O) groups excluding carboxylic acids is 2. The summed E-state index contributed by atoms with van der Waals surface area (Å²) in [4.78, 5) is 26.8. The van der Waals surface area contributed by atoms with Crippen molar-refractivity contribution < 1.29 is 9.59 Å². The number of anilines is 1. The van der Waals surface area contributed by atoms with Crippen molar-refractivity contribution in [3.63, 3.8) is 0 Å². The number of nitrogens with one attached hydrogen (secondary N) is 2. The molecule has 2 saturated carbocycles. The maximum Gasteiger partial charge on any atom is 0.317 e. The van der Waals surface area contributed by atoms with Crippen LogP contribution in [0.3, 0.4) is 0 Å². The van der Waals surface area contributed by atoms with E-state index in [2.05, 4.69) is 15.5 Å². The highest BCUT2D eigenvalue weighted by molar-refractivity contribution is 5.94. The molecule has 1 unspecified atom stereocenters. The molecule has 2 aliphatic carbocycles. The number of fused-ring (bicyclic) bond motifs is 1. The Morgan fingerprint density at radius 2 is 1.83 bits per heavy atom. The quantitative estimate of drug-likeness (QED) is 0.892. The van der Waals surface area contributed by atoms with Crippen molar-refractivity contribution in [2.24, 2.45) is 0 Å². The molecule has 1 aromatic rings. The van der Waals surface area contributed by atoms with E-state index < -0.39 is 0 Å². The average molecular weight is 327 g/mol. The first-order valence-electron chi connectivity index (χ1n) is 9.17. The number of carbonyl (C=O) groups is 2. The molecular formula is C19H25N3O2. The Labute approximate surface area is 142 Å². The van der Waals surface area contributed by atoms with Gasteiger partial charge in [-0.1, -0.05) is 31.0 Å². The molecule has 128 valence electrons. The van der Waals surface area contributed by atoms with Crippen LogP contribution in [0.25, 0.3) is 0 Å². The normalized spacial score (nSPS) is 23.5. The number of nitrogens with zero attached hydrogens (tertiary/aromatic N) is 1. The summed E-state index contributed by atoms with van der Waals surface area (Å²) in [5.74, 6) is 0.0892. The van der Waals surface area contributed by atoms with Crippen molar-refractivity contribution in [3.8, 4) is 0 Å². The van der Waals surface area contributed by atoms with Crippen LogP contribution >= 0.6 is 0 Å². The first-order chi connectivity index (χ1) is 11.7. The van der Waals surface area contributed by atoms with Gasteiger partial charge in [0.1, 0.15) is 0 Å². The zero-order valence-electron chi connectivity index (χ0n) is 14.0. The molecule has 1 aromatic carbocycles. The number of hydrogen-bond acceptors (Lipinski definition) is 2. The minimum absolute atomic E-state index is 0.0304. The van der Waals surface area contributed by atoms with Gasteiger partial charge in [0.15, 0.2) is 0 Å². The van der Waals surface area contributed by atoms with Gasteiger partial charge in [-0.25, -0.2) is 4.79 Å². The summed E-state index contributed by atoms with van der Waals surface area (Å²) in [7, 11) is 0. The SMILES string of the molecule is O=C1CC(CNC(=O)N(C2CCCC2)C2CC2)c2ccccc2N1. The Balaban J connectivity index is 1.42. The molecule has 1 atom stereocenters. The van der Waals surface area contributed by atoms with Gasteiger partial charge in [-0.15, -0.1) is 0 Å². The Hall–Kier alpha value is -2.04. The van der Waals surface area contributed by atoms with Crippen molar-refractivity contribution in [2.45, 2.75) is 62.9 Å². The minimum atomic E-state index is 0.0304. The number of hydrogen-bond donors (Lipinski definition) is 2. The zero-order chi connectivity index (χ0) is 16.5. The molecule has 0 spiro atoms. The predicted molar refractivity (Wildman–Crippen MR) is 92.9 cm³/mol. The van der Waals surface area contributed by atoms with E-state index in [1.165, 1.54) is 12.8 Å². The topological polar surface area (TPSA) is 61.4 Å². The molecule has 2 fully saturated rings. The van der Waals surface area contributed by atoms with E-state index in [1.54, 1.807) is 0 Å². The Morgan fingerprint density at radius 1 is 1.12 bits per heavy atom. The standard InChI is InChI=1S/C19H25N3O2/c23-18-11-13(16-7-3-4-8-17(16)21-18)12-20-19(24)22(15-9-10-15)14-5-1-2-6-14/h3-4,7-8,13-15H,1-2,5-6,9-12H2,(H,20,24)(H,21,23). The number of rotatable bonds is 4. The molecule has 0 aromatic heterocycles. The van der Waals surface area contributed by atoms with Crippen LogP contribution in [0.4, 0.5) is 10.5 Å². The van der Waals surface area contributed by atoms with Crippen molar-refractivity contribution in [3.05, 3.63) is 29.8 Å². The van der Waals surface area contributed by atoms with E-state index in [0.717, 1.165) is 36.9 Å². The van der Waals surface area contributed by atoms with Crippen LogP contribution in [0.1, 0.15) is 56.4 Å². The maximum absolute atomic E-state index is 12.8. The van der Waals surface area contributed by atoms with Crippen LogP contribution in [0.5, 0.6) is 0 Å². The number of amides is 3. The molecule has 5 nitrogen and oxygen atoms in total. The number of urea groups is 1. The fourth-order valence-corrected chi connectivity index (χ4v) is 4.15. The zero-order valence-corrected chi connectivity index (χ0v) is 14.0. The monoisotopic (exact) mass is 327 g/mol. The van der Waals surface area contributed by atoms with Crippen molar-refractivity contribution in [1.82, 2.24) is 10.2 Å². The summed E-state index contributed by atoms with van der Waals surface area (Å²) < 4.78 is 0. The van der Waals surface area contributed by atoms with Crippen LogP contribution < -0.4 is 10.6 Å². The van der Waals surface area contributed by atoms with E-state index in [0.29, 0.717) is 25.0 Å². The highest BCUT2D eigenvalue weighted by Crippen LogP contribution is 2.35. The molecule has 1 aliphatic heterocycles. The highest BCUT2D eigenvalue weighted by atomic mass is 16.2. The van der Waals surface area contributed by atoms with Gasteiger partial charge in [-0.3, -0.25) is 4.79 Å². The second-order valence-electron chi connectivity index (χ2n) is 7.30. The van der Waals surface area contributed by atoms with Gasteiger partial charge >= 0.3 is 6.03 Å². The Kier molecular flexibility index (Phi) is 4.17. The minimum Gasteiger partial charge on any atom is -0.337 e. The van der Waals surface area contributed by atoms with E-state index in [-0.39, 0.29) is 17.9 Å². The molecule has 4 rings (SSSR count). The van der Waals surface area contributed by atoms with Gasteiger partial charge in [-0.2, -0.15) is 0 Å². The third kappa shape index (κ3) is 3.12. The Morgan fingerprint density at radius 3 is 2.58 bits per heavy atom. The lowest BCUT2D eigenvalue weighted by Gasteiger charge is -2.31. The van der Waals surface area contributed by atoms with Gasteiger partial charge in [0.05, 0.1) is 0 Å². The van der Waals surface area contributed by atoms with E-state index >= 15 is 0 Å². The summed E-state index contributed by atoms with van der Waals surface area (Å²) >= 11 is 0. The second-order valence-corrected chi connectivity index (χ2v) is 7.30. The first kappa shape index (κ1) is 15.5.